The SMILES string of the molecule is Cc1cc(Cl)ccc1OCC(=O)NC1CCN(C(C)c2ccccc2)C1. The van der Waals surface area contributed by atoms with Crippen molar-refractivity contribution in [3.63, 3.8) is 0 Å². The molecule has 1 amide bonds. The van der Waals surface area contributed by atoms with Crippen LogP contribution < -0.4 is 10.1 Å². The van der Waals surface area contributed by atoms with Crippen LogP contribution in [-0.4, -0.2) is 36.5 Å². The van der Waals surface area contributed by atoms with E-state index in [9.17, 15) is 4.79 Å². The van der Waals surface area contributed by atoms with Gasteiger partial charge < -0.3 is 10.1 Å². The fourth-order valence-corrected chi connectivity index (χ4v) is 3.61. The van der Waals surface area contributed by atoms with Gasteiger partial charge >= 0.3 is 0 Å². The van der Waals surface area contributed by atoms with Crippen molar-refractivity contribution in [1.82, 2.24) is 10.2 Å². The monoisotopic (exact) mass is 372 g/mol. The molecule has 2 aromatic carbocycles. The average molecular weight is 373 g/mol. The molecule has 2 unspecified atom stereocenters. The van der Waals surface area contributed by atoms with Crippen LogP contribution in [0.5, 0.6) is 5.75 Å². The third-order valence-corrected chi connectivity index (χ3v) is 5.15. The molecule has 5 heteroatoms. The first-order chi connectivity index (χ1) is 12.5. The standard InChI is InChI=1S/C21H25ClN2O2/c1-15-12-18(22)8-9-20(15)26-14-21(25)23-19-10-11-24(13-19)16(2)17-6-4-3-5-7-17/h3-9,12,16,19H,10-11,13-14H2,1-2H3,(H,23,25). The zero-order valence-electron chi connectivity index (χ0n) is 15.2. The van der Waals surface area contributed by atoms with Gasteiger partial charge in [-0.25, -0.2) is 0 Å². The summed E-state index contributed by atoms with van der Waals surface area (Å²) < 4.78 is 5.62. The summed E-state index contributed by atoms with van der Waals surface area (Å²) in [6, 6.07) is 16.4. The first kappa shape index (κ1) is 18.7. The Morgan fingerprint density at radius 3 is 2.81 bits per heavy atom. The summed E-state index contributed by atoms with van der Waals surface area (Å²) >= 11 is 5.94. The molecule has 0 aromatic heterocycles. The van der Waals surface area contributed by atoms with Crippen molar-refractivity contribution in [2.75, 3.05) is 19.7 Å². The predicted molar refractivity (Wildman–Crippen MR) is 105 cm³/mol. The van der Waals surface area contributed by atoms with Gasteiger partial charge in [-0.05, 0) is 49.6 Å². The first-order valence-corrected chi connectivity index (χ1v) is 9.38. The van der Waals surface area contributed by atoms with Crippen molar-refractivity contribution in [3.8, 4) is 5.75 Å². The quantitative estimate of drug-likeness (QED) is 0.833. The van der Waals surface area contributed by atoms with Gasteiger partial charge in [0.1, 0.15) is 5.75 Å². The summed E-state index contributed by atoms with van der Waals surface area (Å²) in [5.41, 5.74) is 2.23. The minimum atomic E-state index is -0.0847. The van der Waals surface area contributed by atoms with Crippen molar-refractivity contribution < 1.29 is 9.53 Å². The third kappa shape index (κ3) is 4.77. The topological polar surface area (TPSA) is 41.6 Å². The Labute approximate surface area is 160 Å². The molecular formula is C21H25ClN2O2. The Hall–Kier alpha value is -2.04. The number of rotatable bonds is 6. The molecule has 0 bridgehead atoms. The van der Waals surface area contributed by atoms with E-state index in [0.29, 0.717) is 16.8 Å². The van der Waals surface area contributed by atoms with Gasteiger partial charge in [-0.2, -0.15) is 0 Å². The first-order valence-electron chi connectivity index (χ1n) is 9.00. The molecule has 1 aliphatic rings. The highest BCUT2D eigenvalue weighted by molar-refractivity contribution is 6.30. The lowest BCUT2D eigenvalue weighted by Gasteiger charge is -2.24. The van der Waals surface area contributed by atoms with Crippen LogP contribution in [-0.2, 0) is 4.79 Å². The molecule has 0 spiro atoms. The Kier molecular flexibility index (Phi) is 6.17. The lowest BCUT2D eigenvalue weighted by Crippen LogP contribution is -2.40. The molecule has 0 radical (unpaired) electrons. The average Bonchev–Trinajstić information content (AvgIpc) is 3.09. The van der Waals surface area contributed by atoms with Crippen molar-refractivity contribution in [2.24, 2.45) is 0 Å². The maximum atomic E-state index is 12.2. The van der Waals surface area contributed by atoms with Crippen molar-refractivity contribution in [1.29, 1.82) is 0 Å². The lowest BCUT2D eigenvalue weighted by atomic mass is 10.1. The van der Waals surface area contributed by atoms with Crippen LogP contribution in [0.1, 0.15) is 30.5 Å². The Morgan fingerprint density at radius 2 is 2.08 bits per heavy atom. The minimum Gasteiger partial charge on any atom is -0.484 e. The van der Waals surface area contributed by atoms with Crippen LogP contribution in [0.25, 0.3) is 0 Å². The third-order valence-electron chi connectivity index (χ3n) is 4.91. The minimum absolute atomic E-state index is 0.0210. The summed E-state index contributed by atoms with van der Waals surface area (Å²) in [4.78, 5) is 14.6. The maximum Gasteiger partial charge on any atom is 0.258 e. The van der Waals surface area contributed by atoms with E-state index in [1.807, 2.05) is 19.1 Å². The number of amides is 1. The van der Waals surface area contributed by atoms with Crippen LogP contribution in [0.15, 0.2) is 48.5 Å². The van der Waals surface area contributed by atoms with E-state index in [0.717, 1.165) is 25.1 Å². The molecule has 2 aromatic rings. The van der Waals surface area contributed by atoms with Crippen LogP contribution in [0.2, 0.25) is 5.02 Å². The molecule has 1 aliphatic heterocycles. The number of benzene rings is 2. The summed E-state index contributed by atoms with van der Waals surface area (Å²) in [7, 11) is 0. The highest BCUT2D eigenvalue weighted by Gasteiger charge is 2.27. The number of aryl methyl sites for hydroxylation is 1. The number of halogens is 1. The highest BCUT2D eigenvalue weighted by Crippen LogP contribution is 2.24. The smallest absolute Gasteiger partial charge is 0.258 e. The number of carbonyl (C=O) groups is 1. The maximum absolute atomic E-state index is 12.2. The Morgan fingerprint density at radius 1 is 1.31 bits per heavy atom. The van der Waals surface area contributed by atoms with Crippen molar-refractivity contribution >= 4 is 17.5 Å². The molecule has 0 aliphatic carbocycles. The van der Waals surface area contributed by atoms with E-state index < -0.39 is 0 Å². The van der Waals surface area contributed by atoms with Gasteiger partial charge in [-0.1, -0.05) is 41.9 Å². The second kappa shape index (κ2) is 8.56. The van der Waals surface area contributed by atoms with Crippen molar-refractivity contribution in [2.45, 2.75) is 32.4 Å². The number of nitrogens with one attached hydrogen (secondary N) is 1. The number of ether oxygens (including phenoxy) is 1. The normalized spacial score (nSPS) is 18.5. The number of likely N-dealkylation sites (tertiary alicyclic amines) is 1. The second-order valence-corrected chi connectivity index (χ2v) is 7.27. The summed E-state index contributed by atoms with van der Waals surface area (Å²) in [5.74, 6) is 0.605. The zero-order chi connectivity index (χ0) is 18.5. The lowest BCUT2D eigenvalue weighted by molar-refractivity contribution is -0.123. The molecule has 26 heavy (non-hydrogen) atoms. The van der Waals surface area contributed by atoms with Crippen LogP contribution in [0.4, 0.5) is 0 Å². The van der Waals surface area contributed by atoms with Gasteiger partial charge in [0, 0.05) is 30.2 Å². The van der Waals surface area contributed by atoms with E-state index in [4.69, 9.17) is 16.3 Å². The van der Waals surface area contributed by atoms with E-state index in [1.165, 1.54) is 5.56 Å². The number of hydrogen-bond donors (Lipinski definition) is 1. The molecule has 1 fully saturated rings. The van der Waals surface area contributed by atoms with Gasteiger partial charge in [-0.15, -0.1) is 0 Å². The number of hydrogen-bond acceptors (Lipinski definition) is 3. The van der Waals surface area contributed by atoms with Gasteiger partial charge in [0.05, 0.1) is 0 Å². The molecule has 1 heterocycles. The highest BCUT2D eigenvalue weighted by atomic mass is 35.5. The van der Waals surface area contributed by atoms with E-state index in [2.05, 4.69) is 41.4 Å². The molecule has 0 saturated carbocycles. The molecule has 138 valence electrons. The predicted octanol–water partition coefficient (Wildman–Crippen LogP) is 3.98. The van der Waals surface area contributed by atoms with Gasteiger partial charge in [0.15, 0.2) is 6.61 Å². The van der Waals surface area contributed by atoms with E-state index in [1.54, 1.807) is 12.1 Å². The van der Waals surface area contributed by atoms with Gasteiger partial charge in [0.2, 0.25) is 0 Å². The number of nitrogens with zero attached hydrogens (tertiary/aromatic N) is 1. The van der Waals surface area contributed by atoms with Crippen molar-refractivity contribution in [3.05, 3.63) is 64.7 Å². The fourth-order valence-electron chi connectivity index (χ4n) is 3.39. The summed E-state index contributed by atoms with van der Waals surface area (Å²) in [6.45, 7) is 6.00. The molecule has 1 N–H and O–H groups in total. The van der Waals surface area contributed by atoms with Gasteiger partial charge in [0.25, 0.3) is 5.91 Å². The van der Waals surface area contributed by atoms with E-state index >= 15 is 0 Å². The zero-order valence-corrected chi connectivity index (χ0v) is 16.0. The molecular weight excluding hydrogens is 348 g/mol. The molecule has 1 saturated heterocycles. The van der Waals surface area contributed by atoms with Gasteiger partial charge in [-0.3, -0.25) is 9.69 Å². The number of carbonyl (C=O) groups excluding carboxylic acids is 1. The summed E-state index contributed by atoms with van der Waals surface area (Å²) in [6.07, 6.45) is 0.961. The van der Waals surface area contributed by atoms with E-state index in [-0.39, 0.29) is 18.6 Å². The molecule has 3 rings (SSSR count). The molecule has 2 atom stereocenters. The van der Waals surface area contributed by atoms with Crippen LogP contribution >= 0.6 is 11.6 Å². The Bertz CT molecular complexity index is 751. The fraction of sp³-hybridized carbons (Fsp3) is 0.381. The summed E-state index contributed by atoms with van der Waals surface area (Å²) in [5, 5.41) is 3.75. The second-order valence-electron chi connectivity index (χ2n) is 6.83. The molecule has 4 nitrogen and oxygen atoms in total. The Balaban J connectivity index is 1.47. The largest absolute Gasteiger partial charge is 0.484 e. The van der Waals surface area contributed by atoms with Crippen LogP contribution in [0, 0.1) is 6.92 Å². The van der Waals surface area contributed by atoms with Crippen LogP contribution in [0.3, 0.4) is 0 Å².